The number of rotatable bonds is 3. The van der Waals surface area contributed by atoms with Crippen molar-refractivity contribution in [3.05, 3.63) is 16.1 Å². The molecule has 0 bridgehead atoms. The van der Waals surface area contributed by atoms with Gasteiger partial charge in [-0.25, -0.2) is 14.6 Å². The van der Waals surface area contributed by atoms with Crippen LogP contribution in [0.2, 0.25) is 0 Å². The molecule has 0 saturated carbocycles. The van der Waals surface area contributed by atoms with Gasteiger partial charge in [0.05, 0.1) is 6.54 Å². The van der Waals surface area contributed by atoms with Gasteiger partial charge in [0.25, 0.3) is 0 Å². The molecule has 1 fully saturated rings. The molecule has 19 heavy (non-hydrogen) atoms. The summed E-state index contributed by atoms with van der Waals surface area (Å²) in [5, 5.41) is 16.8. The van der Waals surface area contributed by atoms with Crippen LogP contribution in [0, 0.1) is 0 Å². The lowest BCUT2D eigenvalue weighted by Gasteiger charge is -2.19. The lowest BCUT2D eigenvalue weighted by atomic mass is 10.4. The zero-order chi connectivity index (χ0) is 13.7. The summed E-state index contributed by atoms with van der Waals surface area (Å²) in [6, 6.07) is -0.129. The minimum atomic E-state index is -1.05. The van der Waals surface area contributed by atoms with Gasteiger partial charge < -0.3 is 20.6 Å². The van der Waals surface area contributed by atoms with Crippen LogP contribution in [-0.2, 0) is 6.54 Å². The van der Waals surface area contributed by atoms with E-state index in [9.17, 15) is 9.59 Å². The predicted molar refractivity (Wildman–Crippen MR) is 70.4 cm³/mol. The number of carboxylic acid groups (broad SMARTS) is 1. The van der Waals surface area contributed by atoms with Gasteiger partial charge in [-0.2, -0.15) is 0 Å². The summed E-state index contributed by atoms with van der Waals surface area (Å²) in [4.78, 5) is 28.3. The summed E-state index contributed by atoms with van der Waals surface area (Å²) in [6.07, 6.45) is 0.938. The van der Waals surface area contributed by atoms with Crippen LogP contribution in [0.4, 0.5) is 4.79 Å². The molecule has 0 aliphatic carbocycles. The summed E-state index contributed by atoms with van der Waals surface area (Å²) < 4.78 is 0. The molecule has 3 N–H and O–H groups in total. The zero-order valence-electron chi connectivity index (χ0n) is 10.4. The molecule has 8 heteroatoms. The lowest BCUT2D eigenvalue weighted by molar-refractivity contribution is 0.0691. The minimum absolute atomic E-state index is 0.0215. The Morgan fingerprint density at radius 3 is 3.05 bits per heavy atom. The van der Waals surface area contributed by atoms with Gasteiger partial charge in [-0.15, -0.1) is 11.3 Å². The molecule has 1 aliphatic rings. The van der Waals surface area contributed by atoms with Gasteiger partial charge in [0.1, 0.15) is 5.01 Å². The number of hydrogen-bond acceptors (Lipinski definition) is 5. The third kappa shape index (κ3) is 3.90. The monoisotopic (exact) mass is 284 g/mol. The standard InChI is InChI=1S/C11H16N4O3S/c16-10(17)8-7-19-9(14-8)6-13-11(18)15-4-1-2-12-3-5-15/h7,12H,1-6H2,(H,13,18)(H,16,17). The van der Waals surface area contributed by atoms with E-state index >= 15 is 0 Å². The maximum Gasteiger partial charge on any atom is 0.355 e. The van der Waals surface area contributed by atoms with Crippen molar-refractivity contribution >= 4 is 23.3 Å². The summed E-state index contributed by atoms with van der Waals surface area (Å²) in [5.74, 6) is -1.05. The van der Waals surface area contributed by atoms with E-state index < -0.39 is 5.97 Å². The highest BCUT2D eigenvalue weighted by Gasteiger charge is 2.15. The van der Waals surface area contributed by atoms with E-state index in [0.29, 0.717) is 11.6 Å². The molecule has 104 valence electrons. The first kappa shape index (κ1) is 13.8. The first-order valence-electron chi connectivity index (χ1n) is 6.08. The van der Waals surface area contributed by atoms with Gasteiger partial charge in [-0.05, 0) is 13.0 Å². The molecule has 1 aromatic heterocycles. The average Bonchev–Trinajstić information content (AvgIpc) is 2.70. The SMILES string of the molecule is O=C(O)c1csc(CNC(=O)N2CCCNCC2)n1. The van der Waals surface area contributed by atoms with Crippen molar-refractivity contribution in [3.63, 3.8) is 0 Å². The van der Waals surface area contributed by atoms with Crippen LogP contribution in [0.5, 0.6) is 0 Å². The normalized spacial score (nSPS) is 15.9. The van der Waals surface area contributed by atoms with E-state index in [1.54, 1.807) is 4.90 Å². The Morgan fingerprint density at radius 1 is 1.47 bits per heavy atom. The van der Waals surface area contributed by atoms with Gasteiger partial charge >= 0.3 is 12.0 Å². The molecule has 2 heterocycles. The van der Waals surface area contributed by atoms with Gasteiger partial charge in [0, 0.05) is 25.0 Å². The van der Waals surface area contributed by atoms with Crippen molar-refractivity contribution in [1.29, 1.82) is 0 Å². The van der Waals surface area contributed by atoms with Crippen LogP contribution in [-0.4, -0.2) is 53.2 Å². The molecule has 1 aliphatic heterocycles. The minimum Gasteiger partial charge on any atom is -0.476 e. The molecule has 0 aromatic carbocycles. The number of nitrogens with one attached hydrogen (secondary N) is 2. The van der Waals surface area contributed by atoms with Crippen LogP contribution < -0.4 is 10.6 Å². The smallest absolute Gasteiger partial charge is 0.355 e. The Balaban J connectivity index is 1.83. The van der Waals surface area contributed by atoms with Crippen molar-refractivity contribution in [3.8, 4) is 0 Å². The number of aromatic nitrogens is 1. The van der Waals surface area contributed by atoms with E-state index in [-0.39, 0.29) is 18.3 Å². The highest BCUT2D eigenvalue weighted by Crippen LogP contribution is 2.09. The summed E-state index contributed by atoms with van der Waals surface area (Å²) in [7, 11) is 0. The van der Waals surface area contributed by atoms with Crippen molar-refractivity contribution < 1.29 is 14.7 Å². The maximum atomic E-state index is 11.9. The van der Waals surface area contributed by atoms with E-state index in [0.717, 1.165) is 26.1 Å². The first-order valence-corrected chi connectivity index (χ1v) is 6.96. The molecule has 0 unspecified atom stereocenters. The van der Waals surface area contributed by atoms with Crippen LogP contribution in [0.3, 0.4) is 0 Å². The van der Waals surface area contributed by atoms with Crippen molar-refractivity contribution in [2.24, 2.45) is 0 Å². The van der Waals surface area contributed by atoms with Gasteiger partial charge in [-0.1, -0.05) is 0 Å². The Bertz CT molecular complexity index is 455. The van der Waals surface area contributed by atoms with E-state index in [2.05, 4.69) is 15.6 Å². The number of thiazole rings is 1. The van der Waals surface area contributed by atoms with E-state index in [1.807, 2.05) is 0 Å². The Kier molecular flexibility index (Phi) is 4.69. The maximum absolute atomic E-state index is 11.9. The molecule has 0 radical (unpaired) electrons. The number of carbonyl (C=O) groups excluding carboxylic acids is 1. The van der Waals surface area contributed by atoms with Gasteiger partial charge in [0.15, 0.2) is 5.69 Å². The largest absolute Gasteiger partial charge is 0.476 e. The number of carbonyl (C=O) groups is 2. The fourth-order valence-corrected chi connectivity index (χ4v) is 2.51. The van der Waals surface area contributed by atoms with Gasteiger partial charge in [-0.3, -0.25) is 0 Å². The summed E-state index contributed by atoms with van der Waals surface area (Å²) >= 11 is 1.23. The number of aromatic carboxylic acids is 1. The number of nitrogens with zero attached hydrogens (tertiary/aromatic N) is 2. The van der Waals surface area contributed by atoms with Crippen molar-refractivity contribution in [2.45, 2.75) is 13.0 Å². The summed E-state index contributed by atoms with van der Waals surface area (Å²) in [6.45, 7) is 3.41. The van der Waals surface area contributed by atoms with Crippen LogP contribution in [0.15, 0.2) is 5.38 Å². The highest BCUT2D eigenvalue weighted by molar-refractivity contribution is 7.09. The van der Waals surface area contributed by atoms with Crippen LogP contribution in [0.1, 0.15) is 21.9 Å². The molecular formula is C11H16N4O3S. The Morgan fingerprint density at radius 2 is 2.32 bits per heavy atom. The molecule has 2 rings (SSSR count). The quantitative estimate of drug-likeness (QED) is 0.744. The number of carboxylic acids is 1. The molecular weight excluding hydrogens is 268 g/mol. The second kappa shape index (κ2) is 6.48. The molecule has 7 nitrogen and oxygen atoms in total. The molecule has 1 saturated heterocycles. The Labute approximate surface area is 114 Å². The molecule has 1 aromatic rings. The Hall–Kier alpha value is -1.67. The molecule has 0 atom stereocenters. The lowest BCUT2D eigenvalue weighted by Crippen LogP contribution is -2.41. The number of urea groups is 1. The third-order valence-corrected chi connectivity index (χ3v) is 3.64. The van der Waals surface area contributed by atoms with E-state index in [1.165, 1.54) is 16.7 Å². The zero-order valence-corrected chi connectivity index (χ0v) is 11.2. The topological polar surface area (TPSA) is 94.6 Å². The first-order chi connectivity index (χ1) is 9.16. The van der Waals surface area contributed by atoms with Crippen LogP contribution >= 0.6 is 11.3 Å². The summed E-state index contributed by atoms with van der Waals surface area (Å²) in [5.41, 5.74) is 0.0215. The second-order valence-electron chi connectivity index (χ2n) is 4.18. The van der Waals surface area contributed by atoms with E-state index in [4.69, 9.17) is 5.11 Å². The average molecular weight is 284 g/mol. The number of amides is 2. The third-order valence-electron chi connectivity index (χ3n) is 2.79. The van der Waals surface area contributed by atoms with Gasteiger partial charge in [0.2, 0.25) is 0 Å². The fourth-order valence-electron chi connectivity index (χ4n) is 1.80. The van der Waals surface area contributed by atoms with Crippen molar-refractivity contribution in [1.82, 2.24) is 20.5 Å². The molecule has 0 spiro atoms. The predicted octanol–water partition coefficient (Wildman–Crippen LogP) is 0.346. The van der Waals surface area contributed by atoms with Crippen molar-refractivity contribution in [2.75, 3.05) is 26.2 Å². The number of hydrogen-bond donors (Lipinski definition) is 3. The van der Waals surface area contributed by atoms with Crippen LogP contribution in [0.25, 0.3) is 0 Å². The fraction of sp³-hybridized carbons (Fsp3) is 0.545. The highest BCUT2D eigenvalue weighted by atomic mass is 32.1. The molecule has 2 amide bonds. The second-order valence-corrected chi connectivity index (χ2v) is 5.12.